The van der Waals surface area contributed by atoms with Crippen LogP contribution in [0, 0.1) is 17.0 Å². The Morgan fingerprint density at radius 2 is 1.85 bits per heavy atom. The molecular formula is C12H18ClN5O2. The summed E-state index contributed by atoms with van der Waals surface area (Å²) >= 11 is 5.84. The second-order valence-electron chi connectivity index (χ2n) is 5.12. The number of piperazine rings is 1. The van der Waals surface area contributed by atoms with E-state index in [9.17, 15) is 10.1 Å². The molecule has 8 heteroatoms. The first-order chi connectivity index (χ1) is 9.40. The third-order valence-corrected chi connectivity index (χ3v) is 3.71. The highest BCUT2D eigenvalue weighted by molar-refractivity contribution is 6.28. The highest BCUT2D eigenvalue weighted by Crippen LogP contribution is 2.30. The van der Waals surface area contributed by atoms with Gasteiger partial charge in [0.15, 0.2) is 0 Å². The van der Waals surface area contributed by atoms with Crippen molar-refractivity contribution >= 4 is 23.1 Å². The fourth-order valence-corrected chi connectivity index (χ4v) is 2.61. The Bertz CT molecular complexity index is 515. The number of nitro groups is 1. The molecule has 0 aliphatic carbocycles. The van der Waals surface area contributed by atoms with Crippen molar-refractivity contribution in [3.63, 3.8) is 0 Å². The number of nitrogens with zero attached hydrogens (tertiary/aromatic N) is 5. The minimum absolute atomic E-state index is 0.0487. The van der Waals surface area contributed by atoms with Gasteiger partial charge in [-0.25, -0.2) is 4.98 Å². The fourth-order valence-electron chi connectivity index (χ4n) is 2.40. The standard InChI is InChI=1S/C12H18ClN5O2/c1-8(2)16-4-6-17(7-5-16)11-10(18(19)20)9(3)14-12(13)15-11/h8H,4-7H2,1-3H3. The van der Waals surface area contributed by atoms with Gasteiger partial charge in [0.25, 0.3) is 0 Å². The molecule has 0 atom stereocenters. The van der Waals surface area contributed by atoms with E-state index in [1.807, 2.05) is 4.90 Å². The van der Waals surface area contributed by atoms with Crippen LogP contribution in [0.2, 0.25) is 5.28 Å². The predicted molar refractivity (Wildman–Crippen MR) is 77.4 cm³/mol. The molecule has 110 valence electrons. The Hall–Kier alpha value is -1.47. The SMILES string of the molecule is Cc1nc(Cl)nc(N2CCN(C(C)C)CC2)c1[N+](=O)[O-]. The van der Waals surface area contributed by atoms with Gasteiger partial charge in [0.1, 0.15) is 5.69 Å². The zero-order chi connectivity index (χ0) is 14.9. The van der Waals surface area contributed by atoms with Gasteiger partial charge in [0.2, 0.25) is 11.1 Å². The Morgan fingerprint density at radius 3 is 2.35 bits per heavy atom. The fraction of sp³-hybridized carbons (Fsp3) is 0.667. The van der Waals surface area contributed by atoms with E-state index in [2.05, 4.69) is 28.7 Å². The largest absolute Gasteiger partial charge is 0.348 e. The van der Waals surface area contributed by atoms with Crippen molar-refractivity contribution < 1.29 is 4.92 Å². The number of rotatable bonds is 3. The highest BCUT2D eigenvalue weighted by atomic mass is 35.5. The van der Waals surface area contributed by atoms with Crippen molar-refractivity contribution in [2.45, 2.75) is 26.8 Å². The van der Waals surface area contributed by atoms with Crippen LogP contribution in [0.4, 0.5) is 11.5 Å². The third kappa shape index (κ3) is 2.99. The lowest BCUT2D eigenvalue weighted by atomic mass is 10.2. The minimum atomic E-state index is -0.435. The van der Waals surface area contributed by atoms with E-state index in [0.29, 0.717) is 30.6 Å². The molecule has 0 saturated carbocycles. The van der Waals surface area contributed by atoms with E-state index in [-0.39, 0.29) is 11.0 Å². The lowest BCUT2D eigenvalue weighted by Gasteiger charge is -2.37. The summed E-state index contributed by atoms with van der Waals surface area (Å²) in [4.78, 5) is 23.0. The van der Waals surface area contributed by atoms with Crippen LogP contribution in [0.15, 0.2) is 0 Å². The molecule has 2 heterocycles. The minimum Gasteiger partial charge on any atom is -0.348 e. The number of aromatic nitrogens is 2. The van der Waals surface area contributed by atoms with E-state index in [1.165, 1.54) is 0 Å². The van der Waals surface area contributed by atoms with E-state index in [4.69, 9.17) is 11.6 Å². The summed E-state index contributed by atoms with van der Waals surface area (Å²) in [6.07, 6.45) is 0. The van der Waals surface area contributed by atoms with Gasteiger partial charge in [-0.15, -0.1) is 0 Å². The van der Waals surface area contributed by atoms with Gasteiger partial charge in [-0.1, -0.05) is 0 Å². The summed E-state index contributed by atoms with van der Waals surface area (Å²) in [5, 5.41) is 11.3. The molecule has 20 heavy (non-hydrogen) atoms. The first-order valence-electron chi connectivity index (χ1n) is 6.57. The van der Waals surface area contributed by atoms with Gasteiger partial charge in [-0.2, -0.15) is 4.98 Å². The Labute approximate surface area is 122 Å². The van der Waals surface area contributed by atoms with Crippen LogP contribution >= 0.6 is 11.6 Å². The van der Waals surface area contributed by atoms with E-state index >= 15 is 0 Å². The Morgan fingerprint density at radius 1 is 1.25 bits per heavy atom. The van der Waals surface area contributed by atoms with Crippen molar-refractivity contribution in [1.82, 2.24) is 14.9 Å². The predicted octanol–water partition coefficient (Wildman–Crippen LogP) is 1.88. The second kappa shape index (κ2) is 5.88. The molecule has 1 aliphatic rings. The van der Waals surface area contributed by atoms with Crippen molar-refractivity contribution in [2.24, 2.45) is 0 Å². The molecule has 0 N–H and O–H groups in total. The Kier molecular flexibility index (Phi) is 4.39. The summed E-state index contributed by atoms with van der Waals surface area (Å²) in [5.41, 5.74) is 0.253. The zero-order valence-corrected chi connectivity index (χ0v) is 12.6. The lowest BCUT2D eigenvalue weighted by molar-refractivity contribution is -0.385. The van der Waals surface area contributed by atoms with Crippen LogP contribution < -0.4 is 4.90 Å². The normalized spacial score (nSPS) is 16.8. The molecular weight excluding hydrogens is 282 g/mol. The van der Waals surface area contributed by atoms with E-state index in [1.54, 1.807) is 6.92 Å². The number of aryl methyl sites for hydroxylation is 1. The van der Waals surface area contributed by atoms with Gasteiger partial charge >= 0.3 is 5.69 Å². The van der Waals surface area contributed by atoms with E-state index < -0.39 is 4.92 Å². The van der Waals surface area contributed by atoms with Gasteiger partial charge in [-0.3, -0.25) is 15.0 Å². The molecule has 0 aromatic carbocycles. The van der Waals surface area contributed by atoms with Crippen LogP contribution in [0.3, 0.4) is 0 Å². The molecule has 1 fully saturated rings. The molecule has 1 aromatic rings. The van der Waals surface area contributed by atoms with Crippen LogP contribution in [-0.4, -0.2) is 52.0 Å². The van der Waals surface area contributed by atoms with Gasteiger partial charge < -0.3 is 4.90 Å². The summed E-state index contributed by atoms with van der Waals surface area (Å²) in [5.74, 6) is 0.330. The molecule has 0 bridgehead atoms. The maximum Gasteiger partial charge on any atom is 0.332 e. The quantitative estimate of drug-likeness (QED) is 0.482. The zero-order valence-electron chi connectivity index (χ0n) is 11.8. The van der Waals surface area contributed by atoms with Crippen LogP contribution in [0.25, 0.3) is 0 Å². The molecule has 0 amide bonds. The monoisotopic (exact) mass is 299 g/mol. The molecule has 0 unspecified atom stereocenters. The molecule has 7 nitrogen and oxygen atoms in total. The summed E-state index contributed by atoms with van der Waals surface area (Å²) in [6.45, 7) is 8.98. The maximum absolute atomic E-state index is 11.2. The number of anilines is 1. The molecule has 1 aromatic heterocycles. The lowest BCUT2D eigenvalue weighted by Crippen LogP contribution is -2.49. The summed E-state index contributed by atoms with van der Waals surface area (Å²) in [7, 11) is 0. The first kappa shape index (κ1) is 14.9. The van der Waals surface area contributed by atoms with Crippen LogP contribution in [0.5, 0.6) is 0 Å². The summed E-state index contributed by atoms with van der Waals surface area (Å²) < 4.78 is 0. The van der Waals surface area contributed by atoms with Crippen molar-refractivity contribution in [1.29, 1.82) is 0 Å². The van der Waals surface area contributed by atoms with Crippen molar-refractivity contribution in [2.75, 3.05) is 31.1 Å². The van der Waals surface area contributed by atoms with Gasteiger partial charge in [0, 0.05) is 32.2 Å². The highest BCUT2D eigenvalue weighted by Gasteiger charge is 2.29. The van der Waals surface area contributed by atoms with Crippen LogP contribution in [-0.2, 0) is 0 Å². The maximum atomic E-state index is 11.2. The topological polar surface area (TPSA) is 75.4 Å². The smallest absolute Gasteiger partial charge is 0.332 e. The number of hydrogen-bond donors (Lipinski definition) is 0. The average Bonchev–Trinajstić information content (AvgIpc) is 2.37. The van der Waals surface area contributed by atoms with Gasteiger partial charge in [-0.05, 0) is 32.4 Å². The summed E-state index contributed by atoms with van der Waals surface area (Å²) in [6, 6.07) is 0.475. The Balaban J connectivity index is 2.27. The second-order valence-corrected chi connectivity index (χ2v) is 5.46. The third-order valence-electron chi connectivity index (χ3n) is 3.54. The van der Waals surface area contributed by atoms with Crippen molar-refractivity contribution in [3.05, 3.63) is 21.1 Å². The number of halogens is 1. The first-order valence-corrected chi connectivity index (χ1v) is 6.95. The van der Waals surface area contributed by atoms with Crippen molar-refractivity contribution in [3.8, 4) is 0 Å². The van der Waals surface area contributed by atoms with Crippen LogP contribution in [0.1, 0.15) is 19.5 Å². The molecule has 0 spiro atoms. The molecule has 2 rings (SSSR count). The molecule has 1 saturated heterocycles. The van der Waals surface area contributed by atoms with Gasteiger partial charge in [0.05, 0.1) is 4.92 Å². The molecule has 1 aliphatic heterocycles. The molecule has 0 radical (unpaired) electrons. The average molecular weight is 300 g/mol. The number of hydrogen-bond acceptors (Lipinski definition) is 6. The van der Waals surface area contributed by atoms with E-state index in [0.717, 1.165) is 13.1 Å².